The van der Waals surface area contributed by atoms with Gasteiger partial charge in [-0.3, -0.25) is 0 Å². The van der Waals surface area contributed by atoms with Gasteiger partial charge >= 0.3 is 5.97 Å². The lowest BCUT2D eigenvalue weighted by Gasteiger charge is -2.03. The Morgan fingerprint density at radius 2 is 2.00 bits per heavy atom. The van der Waals surface area contributed by atoms with Crippen LogP contribution in [0.25, 0.3) is 11.0 Å². The molecule has 0 aliphatic carbocycles. The van der Waals surface area contributed by atoms with Crippen molar-refractivity contribution in [3.8, 4) is 0 Å². The van der Waals surface area contributed by atoms with Crippen LogP contribution in [0, 0.1) is 0 Å². The van der Waals surface area contributed by atoms with Crippen molar-refractivity contribution in [1.82, 2.24) is 5.32 Å². The molecular formula is C15H13NO4. The quantitative estimate of drug-likeness (QED) is 0.746. The highest BCUT2D eigenvalue weighted by Gasteiger charge is 2.10. The average Bonchev–Trinajstić information content (AvgIpc) is 3.06. The summed E-state index contributed by atoms with van der Waals surface area (Å²) in [5.74, 6) is -1.09. The largest absolute Gasteiger partial charge is 0.475 e. The minimum absolute atomic E-state index is 0.0384. The topological polar surface area (TPSA) is 75.6 Å². The van der Waals surface area contributed by atoms with Crippen molar-refractivity contribution in [2.75, 3.05) is 0 Å². The first kappa shape index (κ1) is 12.5. The zero-order valence-corrected chi connectivity index (χ0v) is 10.6. The third-order valence-corrected chi connectivity index (χ3v) is 3.03. The van der Waals surface area contributed by atoms with E-state index < -0.39 is 5.97 Å². The van der Waals surface area contributed by atoms with Gasteiger partial charge in [-0.2, -0.15) is 0 Å². The maximum atomic E-state index is 10.8. The van der Waals surface area contributed by atoms with Gasteiger partial charge in [-0.25, -0.2) is 4.79 Å². The molecule has 0 fully saturated rings. The van der Waals surface area contributed by atoms with E-state index in [1.54, 1.807) is 18.6 Å². The smallest absolute Gasteiger partial charge is 0.371 e. The zero-order valence-electron chi connectivity index (χ0n) is 10.6. The number of carboxylic acids is 1. The Labute approximate surface area is 114 Å². The fraction of sp³-hybridized carbons (Fsp3) is 0.133. The summed E-state index contributed by atoms with van der Waals surface area (Å²) < 4.78 is 10.2. The van der Waals surface area contributed by atoms with Crippen molar-refractivity contribution in [1.29, 1.82) is 0 Å². The normalized spacial score (nSPS) is 11.0. The van der Waals surface area contributed by atoms with E-state index in [2.05, 4.69) is 5.32 Å². The molecule has 5 heteroatoms. The van der Waals surface area contributed by atoms with Crippen LogP contribution < -0.4 is 5.32 Å². The molecule has 0 atom stereocenters. The fourth-order valence-corrected chi connectivity index (χ4v) is 2.05. The van der Waals surface area contributed by atoms with Gasteiger partial charge in [0.25, 0.3) is 0 Å². The van der Waals surface area contributed by atoms with E-state index in [0.29, 0.717) is 12.1 Å². The predicted molar refractivity (Wildman–Crippen MR) is 72.4 cm³/mol. The van der Waals surface area contributed by atoms with Gasteiger partial charge in [0.1, 0.15) is 5.58 Å². The highest BCUT2D eigenvalue weighted by molar-refractivity contribution is 5.91. The average molecular weight is 271 g/mol. The van der Waals surface area contributed by atoms with Crippen molar-refractivity contribution >= 4 is 16.9 Å². The maximum absolute atomic E-state index is 10.8. The Balaban J connectivity index is 1.70. The fourth-order valence-electron chi connectivity index (χ4n) is 2.05. The number of benzene rings is 1. The molecule has 0 aliphatic rings. The van der Waals surface area contributed by atoms with Gasteiger partial charge in [-0.1, -0.05) is 6.07 Å². The van der Waals surface area contributed by atoms with Gasteiger partial charge in [0.05, 0.1) is 12.5 Å². The minimum Gasteiger partial charge on any atom is -0.475 e. The lowest BCUT2D eigenvalue weighted by molar-refractivity contribution is 0.0665. The Morgan fingerprint density at radius 3 is 2.75 bits per heavy atom. The number of hydrogen-bond acceptors (Lipinski definition) is 4. The van der Waals surface area contributed by atoms with Crippen LogP contribution in [-0.4, -0.2) is 11.1 Å². The number of nitrogens with one attached hydrogen (secondary N) is 1. The van der Waals surface area contributed by atoms with E-state index in [4.69, 9.17) is 13.9 Å². The first-order valence-corrected chi connectivity index (χ1v) is 6.20. The molecule has 3 aromatic rings. The van der Waals surface area contributed by atoms with E-state index in [1.807, 2.05) is 18.2 Å². The van der Waals surface area contributed by atoms with Crippen molar-refractivity contribution in [3.63, 3.8) is 0 Å². The molecule has 2 aromatic heterocycles. The Bertz CT molecular complexity index is 728. The molecule has 20 heavy (non-hydrogen) atoms. The van der Waals surface area contributed by atoms with Crippen LogP contribution in [0.5, 0.6) is 0 Å². The lowest BCUT2D eigenvalue weighted by atomic mass is 10.1. The summed E-state index contributed by atoms with van der Waals surface area (Å²) >= 11 is 0. The summed E-state index contributed by atoms with van der Waals surface area (Å²) in [4.78, 5) is 10.8. The number of aromatic carboxylic acids is 1. The summed E-state index contributed by atoms with van der Waals surface area (Å²) in [6.07, 6.45) is 3.34. The van der Waals surface area contributed by atoms with Gasteiger partial charge in [-0.15, -0.1) is 0 Å². The second-order valence-corrected chi connectivity index (χ2v) is 4.52. The molecule has 5 nitrogen and oxygen atoms in total. The molecule has 0 aliphatic heterocycles. The van der Waals surface area contributed by atoms with E-state index in [1.165, 1.54) is 6.07 Å². The molecule has 3 rings (SSSR count). The molecule has 1 aromatic carbocycles. The standard InChI is InChI=1S/C15H13NO4/c17-15(18)14-6-12-5-10(1-2-13(12)20-14)7-16-8-11-3-4-19-9-11/h1-6,9,16H,7-8H2,(H,17,18). The monoisotopic (exact) mass is 271 g/mol. The molecule has 0 saturated heterocycles. The summed E-state index contributed by atoms with van der Waals surface area (Å²) in [5, 5.41) is 13.0. The van der Waals surface area contributed by atoms with Crippen LogP contribution in [0.3, 0.4) is 0 Å². The predicted octanol–water partition coefficient (Wildman–Crippen LogP) is 3.01. The number of furan rings is 2. The van der Waals surface area contributed by atoms with Gasteiger partial charge < -0.3 is 19.3 Å². The number of hydrogen-bond donors (Lipinski definition) is 2. The summed E-state index contributed by atoms with van der Waals surface area (Å²) in [5.41, 5.74) is 2.74. The molecule has 2 heterocycles. The molecule has 2 N–H and O–H groups in total. The molecule has 0 bridgehead atoms. The van der Waals surface area contributed by atoms with Crippen LogP contribution in [0.15, 0.2) is 51.7 Å². The maximum Gasteiger partial charge on any atom is 0.371 e. The van der Waals surface area contributed by atoms with E-state index in [0.717, 1.165) is 23.1 Å². The third kappa shape index (κ3) is 2.57. The highest BCUT2D eigenvalue weighted by Crippen LogP contribution is 2.20. The van der Waals surface area contributed by atoms with Crippen LogP contribution >= 0.6 is 0 Å². The minimum atomic E-state index is -1.05. The van der Waals surface area contributed by atoms with Gasteiger partial charge in [-0.05, 0) is 29.8 Å². The molecular weight excluding hydrogens is 258 g/mol. The summed E-state index contributed by atoms with van der Waals surface area (Å²) in [6.45, 7) is 1.41. The SMILES string of the molecule is O=C(O)c1cc2cc(CNCc3ccoc3)ccc2o1. The van der Waals surface area contributed by atoms with E-state index in [9.17, 15) is 4.79 Å². The van der Waals surface area contributed by atoms with Crippen molar-refractivity contribution in [3.05, 3.63) is 59.7 Å². The van der Waals surface area contributed by atoms with Crippen LogP contribution in [0.2, 0.25) is 0 Å². The van der Waals surface area contributed by atoms with Gasteiger partial charge in [0.2, 0.25) is 5.76 Å². The Kier molecular flexibility index (Phi) is 3.26. The molecule has 102 valence electrons. The molecule has 0 spiro atoms. The van der Waals surface area contributed by atoms with Crippen LogP contribution in [0.4, 0.5) is 0 Å². The number of fused-ring (bicyclic) bond motifs is 1. The van der Waals surface area contributed by atoms with E-state index in [-0.39, 0.29) is 5.76 Å². The second kappa shape index (κ2) is 5.22. The number of carboxylic acid groups (broad SMARTS) is 1. The lowest BCUT2D eigenvalue weighted by Crippen LogP contribution is -2.11. The zero-order chi connectivity index (χ0) is 13.9. The second-order valence-electron chi connectivity index (χ2n) is 4.52. The van der Waals surface area contributed by atoms with Crippen LogP contribution in [0.1, 0.15) is 21.7 Å². The highest BCUT2D eigenvalue weighted by atomic mass is 16.4. The first-order valence-electron chi connectivity index (χ1n) is 6.20. The van der Waals surface area contributed by atoms with Crippen molar-refractivity contribution in [2.24, 2.45) is 0 Å². The summed E-state index contributed by atoms with van der Waals surface area (Å²) in [7, 11) is 0. The third-order valence-electron chi connectivity index (χ3n) is 3.03. The Morgan fingerprint density at radius 1 is 1.15 bits per heavy atom. The van der Waals surface area contributed by atoms with Gasteiger partial charge in [0.15, 0.2) is 0 Å². The number of rotatable bonds is 5. The molecule has 0 radical (unpaired) electrons. The van der Waals surface area contributed by atoms with Crippen molar-refractivity contribution < 1.29 is 18.7 Å². The number of carbonyl (C=O) groups is 1. The van der Waals surface area contributed by atoms with Gasteiger partial charge in [0, 0.05) is 24.0 Å². The van der Waals surface area contributed by atoms with Crippen molar-refractivity contribution in [2.45, 2.75) is 13.1 Å². The molecule has 0 saturated carbocycles. The summed E-state index contributed by atoms with van der Waals surface area (Å²) in [6, 6.07) is 9.08. The van der Waals surface area contributed by atoms with Crippen LogP contribution in [-0.2, 0) is 13.1 Å². The first-order chi connectivity index (χ1) is 9.72. The van der Waals surface area contributed by atoms with E-state index >= 15 is 0 Å². The molecule has 0 amide bonds. The molecule has 0 unspecified atom stereocenters. The Hall–Kier alpha value is -2.53.